The Bertz CT molecular complexity index is 599. The van der Waals surface area contributed by atoms with Crippen molar-refractivity contribution in [3.8, 4) is 11.1 Å². The van der Waals surface area contributed by atoms with Crippen molar-refractivity contribution in [1.82, 2.24) is 0 Å². The smallest absolute Gasteiger partial charge is 0.162 e. The van der Waals surface area contributed by atoms with Crippen LogP contribution in [0, 0.1) is 5.82 Å². The van der Waals surface area contributed by atoms with Gasteiger partial charge in [-0.2, -0.15) is 0 Å². The van der Waals surface area contributed by atoms with Gasteiger partial charge in [0.2, 0.25) is 0 Å². The second-order valence-electron chi connectivity index (χ2n) is 4.92. The van der Waals surface area contributed by atoms with Gasteiger partial charge in [-0.05, 0) is 23.6 Å². The number of rotatable bonds is 5. The van der Waals surface area contributed by atoms with Crippen LogP contribution in [0.3, 0.4) is 0 Å². The van der Waals surface area contributed by atoms with Crippen LogP contribution in [-0.4, -0.2) is 5.78 Å². The summed E-state index contributed by atoms with van der Waals surface area (Å²) in [6.45, 7) is 3.91. The highest BCUT2D eigenvalue weighted by Crippen LogP contribution is 2.24. The monoisotopic (exact) mass is 270 g/mol. The van der Waals surface area contributed by atoms with Crippen molar-refractivity contribution >= 4 is 5.78 Å². The lowest BCUT2D eigenvalue weighted by molar-refractivity contribution is 0.0988. The average Bonchev–Trinajstić information content (AvgIpc) is 2.47. The minimum Gasteiger partial charge on any atom is -0.294 e. The van der Waals surface area contributed by atoms with Crippen molar-refractivity contribution in [3.63, 3.8) is 0 Å². The highest BCUT2D eigenvalue weighted by atomic mass is 19.1. The van der Waals surface area contributed by atoms with E-state index in [-0.39, 0.29) is 11.6 Å². The van der Waals surface area contributed by atoms with Crippen LogP contribution in [0.15, 0.2) is 42.5 Å². The third-order valence-electron chi connectivity index (χ3n) is 3.41. The SMILES string of the molecule is CCCc1ccc(-c2ccc(C(=O)CC)cc2)c(F)c1. The summed E-state index contributed by atoms with van der Waals surface area (Å²) in [6, 6.07) is 12.5. The molecule has 2 rings (SSSR count). The van der Waals surface area contributed by atoms with Gasteiger partial charge in [-0.15, -0.1) is 0 Å². The van der Waals surface area contributed by atoms with Gasteiger partial charge in [-0.25, -0.2) is 4.39 Å². The van der Waals surface area contributed by atoms with Crippen LogP contribution in [0.5, 0.6) is 0 Å². The molecule has 0 fully saturated rings. The highest BCUT2D eigenvalue weighted by molar-refractivity contribution is 5.96. The van der Waals surface area contributed by atoms with Gasteiger partial charge in [0.05, 0.1) is 0 Å². The first-order valence-corrected chi connectivity index (χ1v) is 7.07. The Labute approximate surface area is 119 Å². The van der Waals surface area contributed by atoms with Crippen LogP contribution in [0.25, 0.3) is 11.1 Å². The lowest BCUT2D eigenvalue weighted by Gasteiger charge is -2.07. The van der Waals surface area contributed by atoms with E-state index < -0.39 is 0 Å². The van der Waals surface area contributed by atoms with E-state index in [9.17, 15) is 9.18 Å². The molecule has 0 unspecified atom stereocenters. The predicted octanol–water partition coefficient (Wildman–Crippen LogP) is 5.04. The van der Waals surface area contributed by atoms with E-state index in [4.69, 9.17) is 0 Å². The summed E-state index contributed by atoms with van der Waals surface area (Å²) in [6.07, 6.45) is 2.38. The van der Waals surface area contributed by atoms with E-state index in [2.05, 4.69) is 6.92 Å². The molecule has 0 aliphatic rings. The van der Waals surface area contributed by atoms with Crippen LogP contribution in [0.1, 0.15) is 42.6 Å². The van der Waals surface area contributed by atoms with Gasteiger partial charge >= 0.3 is 0 Å². The Balaban J connectivity index is 2.29. The molecule has 0 spiro atoms. The first-order chi connectivity index (χ1) is 9.65. The molecule has 0 saturated carbocycles. The summed E-state index contributed by atoms with van der Waals surface area (Å²) in [5, 5.41) is 0. The molecular formula is C18H19FO. The number of ketones is 1. The maximum atomic E-state index is 14.1. The molecule has 0 bridgehead atoms. The molecule has 0 aliphatic heterocycles. The summed E-state index contributed by atoms with van der Waals surface area (Å²) < 4.78 is 14.1. The molecule has 104 valence electrons. The molecule has 0 atom stereocenters. The molecule has 0 radical (unpaired) electrons. The number of hydrogen-bond acceptors (Lipinski definition) is 1. The van der Waals surface area contributed by atoms with Crippen LogP contribution >= 0.6 is 0 Å². The zero-order valence-electron chi connectivity index (χ0n) is 11.9. The van der Waals surface area contributed by atoms with Crippen molar-refractivity contribution < 1.29 is 9.18 Å². The summed E-state index contributed by atoms with van der Waals surface area (Å²) in [5.41, 5.74) is 3.09. The molecule has 0 saturated heterocycles. The first kappa shape index (κ1) is 14.4. The molecule has 0 heterocycles. The van der Waals surface area contributed by atoms with Crippen molar-refractivity contribution in [3.05, 3.63) is 59.4 Å². The summed E-state index contributed by atoms with van der Waals surface area (Å²) in [5.74, 6) is -0.0965. The molecule has 20 heavy (non-hydrogen) atoms. The van der Waals surface area contributed by atoms with E-state index in [1.54, 1.807) is 30.3 Å². The molecule has 2 heteroatoms. The fourth-order valence-electron chi connectivity index (χ4n) is 2.28. The summed E-state index contributed by atoms with van der Waals surface area (Å²) >= 11 is 0. The zero-order valence-corrected chi connectivity index (χ0v) is 11.9. The number of benzene rings is 2. The fraction of sp³-hybridized carbons (Fsp3) is 0.278. The van der Waals surface area contributed by atoms with E-state index in [0.717, 1.165) is 24.0 Å². The molecule has 2 aromatic rings. The second kappa shape index (κ2) is 6.47. The lowest BCUT2D eigenvalue weighted by Crippen LogP contribution is -1.96. The average molecular weight is 270 g/mol. The third kappa shape index (κ3) is 3.13. The maximum Gasteiger partial charge on any atom is 0.162 e. The first-order valence-electron chi connectivity index (χ1n) is 7.07. The van der Waals surface area contributed by atoms with Gasteiger partial charge in [0.15, 0.2) is 5.78 Å². The van der Waals surface area contributed by atoms with Crippen molar-refractivity contribution in [2.24, 2.45) is 0 Å². The molecule has 0 N–H and O–H groups in total. The largest absolute Gasteiger partial charge is 0.294 e. The minimum absolute atomic E-state index is 0.107. The standard InChI is InChI=1S/C18H19FO/c1-3-5-13-6-11-16(17(19)12-13)14-7-9-15(10-8-14)18(20)4-2/h6-12H,3-5H2,1-2H3. The van der Waals surface area contributed by atoms with Crippen molar-refractivity contribution in [2.45, 2.75) is 33.1 Å². The van der Waals surface area contributed by atoms with Crippen LogP contribution in [0.4, 0.5) is 4.39 Å². The quantitative estimate of drug-likeness (QED) is 0.696. The van der Waals surface area contributed by atoms with Gasteiger partial charge in [0.1, 0.15) is 5.82 Å². The van der Waals surface area contributed by atoms with Crippen LogP contribution < -0.4 is 0 Å². The molecular weight excluding hydrogens is 251 g/mol. The van der Waals surface area contributed by atoms with Crippen molar-refractivity contribution in [1.29, 1.82) is 0 Å². The van der Waals surface area contributed by atoms with E-state index in [1.165, 1.54) is 0 Å². The number of hydrogen-bond donors (Lipinski definition) is 0. The minimum atomic E-state index is -0.203. The Morgan fingerprint density at radius 3 is 2.30 bits per heavy atom. The van der Waals surface area contributed by atoms with Gasteiger partial charge in [-0.3, -0.25) is 4.79 Å². The lowest BCUT2D eigenvalue weighted by atomic mass is 9.99. The van der Waals surface area contributed by atoms with Crippen LogP contribution in [-0.2, 0) is 6.42 Å². The molecule has 1 nitrogen and oxygen atoms in total. The van der Waals surface area contributed by atoms with Gasteiger partial charge in [0, 0.05) is 17.5 Å². The number of Topliss-reactive ketones (excluding diaryl/α,β-unsaturated/α-hetero) is 1. The Hall–Kier alpha value is -1.96. The molecule has 0 amide bonds. The molecule has 0 aromatic heterocycles. The topological polar surface area (TPSA) is 17.1 Å². The normalized spacial score (nSPS) is 10.6. The van der Waals surface area contributed by atoms with Crippen molar-refractivity contribution in [2.75, 3.05) is 0 Å². The number of carbonyl (C=O) groups is 1. The van der Waals surface area contributed by atoms with Gasteiger partial charge in [0.25, 0.3) is 0 Å². The van der Waals surface area contributed by atoms with Gasteiger partial charge in [-0.1, -0.05) is 56.7 Å². The van der Waals surface area contributed by atoms with E-state index in [1.807, 2.05) is 19.1 Å². The zero-order chi connectivity index (χ0) is 14.5. The van der Waals surface area contributed by atoms with Gasteiger partial charge < -0.3 is 0 Å². The Morgan fingerprint density at radius 2 is 1.75 bits per heavy atom. The van der Waals surface area contributed by atoms with E-state index in [0.29, 0.717) is 17.5 Å². The molecule has 2 aromatic carbocycles. The van der Waals surface area contributed by atoms with Crippen LogP contribution in [0.2, 0.25) is 0 Å². The number of halogens is 1. The Morgan fingerprint density at radius 1 is 1.05 bits per heavy atom. The Kier molecular flexibility index (Phi) is 4.67. The predicted molar refractivity (Wildman–Crippen MR) is 80.5 cm³/mol. The fourth-order valence-corrected chi connectivity index (χ4v) is 2.28. The number of aryl methyl sites for hydroxylation is 1. The number of carbonyl (C=O) groups excluding carboxylic acids is 1. The van der Waals surface area contributed by atoms with E-state index >= 15 is 0 Å². The summed E-state index contributed by atoms with van der Waals surface area (Å²) in [4.78, 5) is 11.6. The molecule has 0 aliphatic carbocycles. The maximum absolute atomic E-state index is 14.1. The third-order valence-corrected chi connectivity index (χ3v) is 3.41. The summed E-state index contributed by atoms with van der Waals surface area (Å²) in [7, 11) is 0. The second-order valence-corrected chi connectivity index (χ2v) is 4.92. The highest BCUT2D eigenvalue weighted by Gasteiger charge is 2.08.